The van der Waals surface area contributed by atoms with Crippen molar-refractivity contribution in [2.45, 2.75) is 40.2 Å². The molecule has 142 valence electrons. The summed E-state index contributed by atoms with van der Waals surface area (Å²) in [4.78, 5) is 14.6. The van der Waals surface area contributed by atoms with Crippen LogP contribution < -0.4 is 5.32 Å². The molecular weight excluding hydrogens is 348 g/mol. The van der Waals surface area contributed by atoms with Crippen LogP contribution in [0, 0.1) is 26.7 Å². The van der Waals surface area contributed by atoms with Crippen LogP contribution in [0.15, 0.2) is 24.3 Å². The van der Waals surface area contributed by atoms with Crippen LogP contribution in [-0.4, -0.2) is 40.7 Å². The molecular formula is C20H29ClN4O. The monoisotopic (exact) mass is 376 g/mol. The Morgan fingerprint density at radius 3 is 2.54 bits per heavy atom. The molecule has 1 aliphatic heterocycles. The Morgan fingerprint density at radius 1 is 1.23 bits per heavy atom. The molecule has 1 N–H and O–H groups in total. The van der Waals surface area contributed by atoms with Gasteiger partial charge in [0.2, 0.25) is 5.91 Å². The number of hydrogen-bond acceptors (Lipinski definition) is 3. The fourth-order valence-electron chi connectivity index (χ4n) is 3.64. The van der Waals surface area contributed by atoms with Crippen LogP contribution in [0.3, 0.4) is 0 Å². The standard InChI is InChI=1S/C20H28N4O.ClH/c1-14-7-5-6-8-19(14)24-16(3)18(15(2)22-24)13-23(4)20(25)17-9-11-21-12-10-17;/h5-8,17,21H,9-13H2,1-4H3;1H. The summed E-state index contributed by atoms with van der Waals surface area (Å²) in [5.74, 6) is 0.405. The largest absolute Gasteiger partial charge is 0.341 e. The number of aromatic nitrogens is 2. The summed E-state index contributed by atoms with van der Waals surface area (Å²) in [6.45, 7) is 8.70. The minimum atomic E-state index is 0. The zero-order valence-corrected chi connectivity index (χ0v) is 16.9. The highest BCUT2D eigenvalue weighted by Gasteiger charge is 2.25. The molecule has 1 aromatic carbocycles. The van der Waals surface area contributed by atoms with E-state index in [1.165, 1.54) is 5.56 Å². The molecule has 0 spiro atoms. The van der Waals surface area contributed by atoms with Crippen LogP contribution in [0.1, 0.15) is 35.4 Å². The van der Waals surface area contributed by atoms with Crippen molar-refractivity contribution >= 4 is 18.3 Å². The number of aryl methyl sites for hydroxylation is 2. The van der Waals surface area contributed by atoms with Gasteiger partial charge in [-0.2, -0.15) is 5.10 Å². The lowest BCUT2D eigenvalue weighted by Crippen LogP contribution is -2.39. The van der Waals surface area contributed by atoms with E-state index in [1.807, 2.05) is 35.7 Å². The van der Waals surface area contributed by atoms with Crippen LogP contribution in [0.2, 0.25) is 0 Å². The Balaban J connectivity index is 0.00000243. The molecule has 0 unspecified atom stereocenters. The second-order valence-corrected chi connectivity index (χ2v) is 7.07. The lowest BCUT2D eigenvalue weighted by molar-refractivity contribution is -0.135. The summed E-state index contributed by atoms with van der Waals surface area (Å²) in [5, 5.41) is 8.05. The van der Waals surface area contributed by atoms with Crippen molar-refractivity contribution in [3.05, 3.63) is 46.8 Å². The first-order valence-electron chi connectivity index (χ1n) is 9.06. The van der Waals surface area contributed by atoms with Gasteiger partial charge in [0.1, 0.15) is 0 Å². The van der Waals surface area contributed by atoms with Crippen molar-refractivity contribution in [1.29, 1.82) is 0 Å². The summed E-state index contributed by atoms with van der Waals surface area (Å²) < 4.78 is 2.00. The zero-order chi connectivity index (χ0) is 18.0. The van der Waals surface area contributed by atoms with E-state index >= 15 is 0 Å². The summed E-state index contributed by atoms with van der Waals surface area (Å²) >= 11 is 0. The molecule has 26 heavy (non-hydrogen) atoms. The van der Waals surface area contributed by atoms with Crippen LogP contribution in [0.5, 0.6) is 0 Å². The average molecular weight is 377 g/mol. The lowest BCUT2D eigenvalue weighted by Gasteiger charge is -2.27. The summed E-state index contributed by atoms with van der Waals surface area (Å²) in [7, 11) is 1.91. The van der Waals surface area contributed by atoms with E-state index < -0.39 is 0 Å². The lowest BCUT2D eigenvalue weighted by atomic mass is 9.96. The predicted molar refractivity (Wildman–Crippen MR) is 107 cm³/mol. The highest BCUT2D eigenvalue weighted by atomic mass is 35.5. The second kappa shape index (κ2) is 8.69. The van der Waals surface area contributed by atoms with Gasteiger partial charge in [-0.1, -0.05) is 18.2 Å². The highest BCUT2D eigenvalue weighted by Crippen LogP contribution is 2.23. The van der Waals surface area contributed by atoms with Gasteiger partial charge in [-0.3, -0.25) is 4.79 Å². The molecule has 1 aromatic heterocycles. The second-order valence-electron chi connectivity index (χ2n) is 7.07. The van der Waals surface area contributed by atoms with Gasteiger partial charge in [0.25, 0.3) is 0 Å². The molecule has 1 saturated heterocycles. The minimum absolute atomic E-state index is 0. The molecule has 1 aliphatic rings. The summed E-state index contributed by atoms with van der Waals surface area (Å²) in [5.41, 5.74) is 5.54. The maximum absolute atomic E-state index is 12.7. The van der Waals surface area contributed by atoms with Crippen molar-refractivity contribution in [3.8, 4) is 5.69 Å². The molecule has 0 aliphatic carbocycles. The topological polar surface area (TPSA) is 50.2 Å². The van der Waals surface area contributed by atoms with Crippen molar-refractivity contribution in [2.75, 3.05) is 20.1 Å². The Kier molecular flexibility index (Phi) is 6.84. The number of benzene rings is 1. The maximum atomic E-state index is 12.7. The normalized spacial score (nSPS) is 14.8. The molecule has 1 amide bonds. The first-order chi connectivity index (χ1) is 12.0. The van der Waals surface area contributed by atoms with Gasteiger partial charge in [-0.05, 0) is 58.3 Å². The van der Waals surface area contributed by atoms with Gasteiger partial charge in [-0.15, -0.1) is 12.4 Å². The van der Waals surface area contributed by atoms with E-state index in [1.54, 1.807) is 0 Å². The van der Waals surface area contributed by atoms with E-state index in [2.05, 4.69) is 31.3 Å². The van der Waals surface area contributed by atoms with Gasteiger partial charge in [0, 0.05) is 30.8 Å². The first kappa shape index (κ1) is 20.5. The number of piperidine rings is 1. The van der Waals surface area contributed by atoms with Crippen LogP contribution in [0.4, 0.5) is 0 Å². The van der Waals surface area contributed by atoms with Crippen molar-refractivity contribution in [3.63, 3.8) is 0 Å². The van der Waals surface area contributed by atoms with Gasteiger partial charge in [-0.25, -0.2) is 4.68 Å². The third-order valence-electron chi connectivity index (χ3n) is 5.24. The van der Waals surface area contributed by atoms with Crippen LogP contribution in [-0.2, 0) is 11.3 Å². The van der Waals surface area contributed by atoms with Gasteiger partial charge >= 0.3 is 0 Å². The quantitative estimate of drug-likeness (QED) is 0.891. The minimum Gasteiger partial charge on any atom is -0.341 e. The number of carbonyl (C=O) groups excluding carboxylic acids is 1. The summed E-state index contributed by atoms with van der Waals surface area (Å²) in [6, 6.07) is 8.25. The number of nitrogens with zero attached hydrogens (tertiary/aromatic N) is 3. The molecule has 6 heteroatoms. The number of para-hydroxylation sites is 1. The van der Waals surface area contributed by atoms with Crippen molar-refractivity contribution in [1.82, 2.24) is 20.0 Å². The van der Waals surface area contributed by atoms with Gasteiger partial charge in [0.15, 0.2) is 0 Å². The molecule has 0 bridgehead atoms. The van der Waals surface area contributed by atoms with Crippen LogP contribution >= 0.6 is 12.4 Å². The third kappa shape index (κ3) is 4.10. The zero-order valence-electron chi connectivity index (χ0n) is 16.1. The molecule has 0 radical (unpaired) electrons. The molecule has 2 aromatic rings. The SMILES string of the molecule is Cc1ccccc1-n1nc(C)c(CN(C)C(=O)C2CCNCC2)c1C.Cl. The van der Waals surface area contributed by atoms with Gasteiger partial charge in [0.05, 0.1) is 11.4 Å². The molecule has 1 fully saturated rings. The number of hydrogen-bond donors (Lipinski definition) is 1. The fraction of sp³-hybridized carbons (Fsp3) is 0.500. The molecule has 5 nitrogen and oxygen atoms in total. The summed E-state index contributed by atoms with van der Waals surface area (Å²) in [6.07, 6.45) is 1.87. The Bertz CT molecular complexity index is 765. The highest BCUT2D eigenvalue weighted by molar-refractivity contribution is 5.85. The number of rotatable bonds is 4. The number of carbonyl (C=O) groups is 1. The van der Waals surface area contributed by atoms with Crippen molar-refractivity contribution < 1.29 is 4.79 Å². The number of amides is 1. The van der Waals surface area contributed by atoms with E-state index in [9.17, 15) is 4.79 Å². The van der Waals surface area contributed by atoms with Gasteiger partial charge < -0.3 is 10.2 Å². The fourth-order valence-corrected chi connectivity index (χ4v) is 3.64. The van der Waals surface area contributed by atoms with Crippen LogP contribution in [0.25, 0.3) is 5.69 Å². The molecule has 3 rings (SSSR count). The first-order valence-corrected chi connectivity index (χ1v) is 9.06. The van der Waals surface area contributed by atoms with E-state index in [-0.39, 0.29) is 24.2 Å². The smallest absolute Gasteiger partial charge is 0.225 e. The average Bonchev–Trinajstić information content (AvgIpc) is 2.90. The molecule has 2 heterocycles. The van der Waals surface area contributed by atoms with E-state index in [4.69, 9.17) is 5.10 Å². The molecule has 0 saturated carbocycles. The molecule has 0 atom stereocenters. The van der Waals surface area contributed by atoms with E-state index in [0.29, 0.717) is 6.54 Å². The predicted octanol–water partition coefficient (Wildman–Crippen LogP) is 3.18. The Hall–Kier alpha value is -1.85. The van der Waals surface area contributed by atoms with Crippen molar-refractivity contribution in [2.24, 2.45) is 5.92 Å². The number of nitrogens with one attached hydrogen (secondary N) is 1. The maximum Gasteiger partial charge on any atom is 0.225 e. The Morgan fingerprint density at radius 2 is 1.88 bits per heavy atom. The third-order valence-corrected chi connectivity index (χ3v) is 5.24. The number of halogens is 1. The Labute approximate surface area is 162 Å². The van der Waals surface area contributed by atoms with E-state index in [0.717, 1.165) is 48.6 Å².